The number of hydrogen-bond donors (Lipinski definition) is 1. The van der Waals surface area contributed by atoms with Crippen LogP contribution in [0.25, 0.3) is 11.2 Å². The van der Waals surface area contributed by atoms with Crippen molar-refractivity contribution < 1.29 is 17.0 Å². The molecule has 0 aliphatic heterocycles. The van der Waals surface area contributed by atoms with Gasteiger partial charge in [0.25, 0.3) is 0 Å². The van der Waals surface area contributed by atoms with Crippen LogP contribution in [-0.4, -0.2) is 14.5 Å². The summed E-state index contributed by atoms with van der Waals surface area (Å²) in [5.41, 5.74) is 11.9. The highest BCUT2D eigenvalue weighted by Gasteiger charge is 2.47. The quantitative estimate of drug-likeness (QED) is 0.553. The first kappa shape index (κ1) is 24.8. The molecule has 2 aliphatic carbocycles. The largest absolute Gasteiger partial charge is 1.00 e. The Morgan fingerprint density at radius 1 is 1.28 bits per heavy atom. The molecule has 0 radical (unpaired) electrons. The molecule has 2 aromatic rings. The van der Waals surface area contributed by atoms with Crippen molar-refractivity contribution >= 4 is 17.0 Å². The van der Waals surface area contributed by atoms with Gasteiger partial charge in [-0.25, -0.2) is 4.57 Å². The Kier molecular flexibility index (Phi) is 7.09. The number of halogens is 1. The van der Waals surface area contributed by atoms with Gasteiger partial charge in [-0.15, -0.1) is 0 Å². The summed E-state index contributed by atoms with van der Waals surface area (Å²) >= 11 is 0. The number of nitrogens with zero attached hydrogens (tertiary/aromatic N) is 4. The molecular formula is C26H40ClN5. The highest BCUT2D eigenvalue weighted by molar-refractivity contribution is 5.79. The van der Waals surface area contributed by atoms with Crippen LogP contribution in [0.5, 0.6) is 0 Å². The van der Waals surface area contributed by atoms with Crippen molar-refractivity contribution in [2.45, 2.75) is 79.7 Å². The molecule has 2 N–H and O–H groups in total. The maximum atomic E-state index is 6.14. The number of nitrogens with two attached hydrogens (primary N) is 1. The van der Waals surface area contributed by atoms with Crippen molar-refractivity contribution in [3.8, 4) is 0 Å². The molecule has 6 heteroatoms. The fourth-order valence-corrected chi connectivity index (χ4v) is 6.11. The first-order chi connectivity index (χ1) is 14.6. The lowest BCUT2D eigenvalue weighted by molar-refractivity contribution is -0.647. The van der Waals surface area contributed by atoms with Crippen LogP contribution >= 0.6 is 0 Å². The Bertz CT molecular complexity index is 1030. The number of fused-ring (bicyclic) bond motifs is 2. The molecule has 0 aromatic carbocycles. The number of anilines is 1. The number of aryl methyl sites for hydroxylation is 1. The fraction of sp³-hybridized carbons (Fsp3) is 0.654. The van der Waals surface area contributed by atoms with E-state index < -0.39 is 0 Å². The Morgan fingerprint density at radius 2 is 2.03 bits per heavy atom. The summed E-state index contributed by atoms with van der Waals surface area (Å²) in [6.07, 6.45) is 16.2. The summed E-state index contributed by atoms with van der Waals surface area (Å²) < 4.78 is 4.17. The van der Waals surface area contributed by atoms with Crippen LogP contribution in [0, 0.1) is 22.7 Å². The summed E-state index contributed by atoms with van der Waals surface area (Å²) in [4.78, 5) is 8.56. The van der Waals surface area contributed by atoms with Crippen LogP contribution in [0.4, 0.5) is 5.82 Å². The molecule has 2 aromatic heterocycles. The molecular weight excluding hydrogens is 418 g/mol. The van der Waals surface area contributed by atoms with Gasteiger partial charge >= 0.3 is 5.65 Å². The topological polar surface area (TPSA) is 60.6 Å². The predicted octanol–water partition coefficient (Wildman–Crippen LogP) is 2.37. The summed E-state index contributed by atoms with van der Waals surface area (Å²) in [7, 11) is 2.00. The van der Waals surface area contributed by atoms with Crippen LogP contribution in [0.15, 0.2) is 36.0 Å². The SMILES string of the molecule is C/C(=C\Cn1c[n+](C)c2ncnc(N)c21)CC[C@@]1(C)C2=CCCC(C)(C)[C@@H]2CC[C@@H]1C.[Cl-]. The zero-order valence-corrected chi connectivity index (χ0v) is 21.4. The molecule has 0 unspecified atom stereocenters. The molecule has 0 saturated heterocycles. The first-order valence-electron chi connectivity index (χ1n) is 11.9. The van der Waals surface area contributed by atoms with Crippen molar-refractivity contribution in [1.82, 2.24) is 14.5 Å². The van der Waals surface area contributed by atoms with Gasteiger partial charge in [-0.2, -0.15) is 4.98 Å². The molecule has 2 heterocycles. The molecule has 0 bridgehead atoms. The third-order valence-electron chi connectivity index (χ3n) is 8.55. The van der Waals surface area contributed by atoms with Crippen molar-refractivity contribution in [1.29, 1.82) is 0 Å². The molecule has 32 heavy (non-hydrogen) atoms. The van der Waals surface area contributed by atoms with Gasteiger partial charge in [0.15, 0.2) is 18.5 Å². The van der Waals surface area contributed by atoms with E-state index in [-0.39, 0.29) is 12.4 Å². The summed E-state index contributed by atoms with van der Waals surface area (Å²) in [5.74, 6) is 2.06. The van der Waals surface area contributed by atoms with Crippen LogP contribution in [0.1, 0.15) is 73.1 Å². The van der Waals surface area contributed by atoms with Crippen molar-refractivity contribution in [2.24, 2.45) is 29.7 Å². The molecule has 3 atom stereocenters. The minimum atomic E-state index is 0. The second-order valence-corrected chi connectivity index (χ2v) is 11.0. The maximum Gasteiger partial charge on any atom is 0.307 e. The van der Waals surface area contributed by atoms with E-state index in [1.165, 1.54) is 44.0 Å². The van der Waals surface area contributed by atoms with E-state index in [2.05, 4.69) is 67.6 Å². The zero-order chi connectivity index (χ0) is 22.4. The highest BCUT2D eigenvalue weighted by Crippen LogP contribution is 2.58. The van der Waals surface area contributed by atoms with Crippen LogP contribution < -0.4 is 22.7 Å². The van der Waals surface area contributed by atoms with Gasteiger partial charge in [0, 0.05) is 0 Å². The summed E-state index contributed by atoms with van der Waals surface area (Å²) in [6.45, 7) is 13.1. The van der Waals surface area contributed by atoms with Crippen LogP contribution in [0.3, 0.4) is 0 Å². The second-order valence-electron chi connectivity index (χ2n) is 11.0. The summed E-state index contributed by atoms with van der Waals surface area (Å²) in [5, 5.41) is 0. The number of aromatic nitrogens is 4. The normalized spacial score (nSPS) is 27.6. The standard InChI is InChI=1S/C26H40N5.ClH/c1-18(12-15-31-17-30(6)24-22(31)23(27)28-16-29-24)11-14-26(5)19(2)9-10-20-21(26)8-7-13-25(20,3)4;/h8,12,16-17,19-20H,7,9-11,13-15H2,1-6H3,(H2,27,28,29);1H/q+1;/p-1/b18-12+;/t19-,20+,26+;/m0./s1. The van der Waals surface area contributed by atoms with Crippen molar-refractivity contribution in [3.63, 3.8) is 0 Å². The average molecular weight is 458 g/mol. The van der Waals surface area contributed by atoms with E-state index in [1.54, 1.807) is 5.57 Å². The molecule has 5 nitrogen and oxygen atoms in total. The molecule has 0 amide bonds. The smallest absolute Gasteiger partial charge is 0.307 e. The van der Waals surface area contributed by atoms with Gasteiger partial charge in [-0.1, -0.05) is 56.0 Å². The Hall–Kier alpha value is -1.88. The van der Waals surface area contributed by atoms with Gasteiger partial charge in [-0.3, -0.25) is 4.57 Å². The van der Waals surface area contributed by atoms with Crippen LogP contribution in [-0.2, 0) is 13.6 Å². The number of rotatable bonds is 5. The number of allylic oxidation sites excluding steroid dienone is 4. The van der Waals surface area contributed by atoms with Gasteiger partial charge in [0.2, 0.25) is 5.52 Å². The predicted molar refractivity (Wildman–Crippen MR) is 127 cm³/mol. The highest BCUT2D eigenvalue weighted by atomic mass is 35.5. The number of hydrogen-bond acceptors (Lipinski definition) is 3. The van der Waals surface area contributed by atoms with Gasteiger partial charge in [-0.05, 0) is 68.1 Å². The zero-order valence-electron chi connectivity index (χ0n) is 20.7. The minimum Gasteiger partial charge on any atom is -1.00 e. The molecule has 4 rings (SSSR count). The van der Waals surface area contributed by atoms with Crippen LogP contribution in [0.2, 0.25) is 0 Å². The third kappa shape index (κ3) is 4.33. The molecule has 1 fully saturated rings. The minimum absolute atomic E-state index is 0. The fourth-order valence-electron chi connectivity index (χ4n) is 6.11. The number of imidazole rings is 1. The lowest BCUT2D eigenvalue weighted by Gasteiger charge is -2.53. The average Bonchev–Trinajstić information content (AvgIpc) is 3.05. The number of nitrogen functional groups attached to an aromatic ring is 1. The van der Waals surface area contributed by atoms with Crippen molar-refractivity contribution in [3.05, 3.63) is 36.0 Å². The van der Waals surface area contributed by atoms with Gasteiger partial charge in [0.05, 0.1) is 13.6 Å². The Morgan fingerprint density at radius 3 is 2.78 bits per heavy atom. The Balaban J connectivity index is 0.00000289. The van der Waals surface area contributed by atoms with E-state index in [0.29, 0.717) is 16.6 Å². The lowest BCUT2D eigenvalue weighted by Crippen LogP contribution is -3.00. The second kappa shape index (κ2) is 9.17. The molecule has 0 spiro atoms. The van der Waals surface area contributed by atoms with Gasteiger partial charge < -0.3 is 18.1 Å². The first-order valence-corrected chi connectivity index (χ1v) is 11.9. The van der Waals surface area contributed by atoms with E-state index in [1.807, 2.05) is 11.6 Å². The molecule has 2 aliphatic rings. The Labute approximate surface area is 199 Å². The van der Waals surface area contributed by atoms with E-state index in [0.717, 1.165) is 36.0 Å². The van der Waals surface area contributed by atoms with Crippen molar-refractivity contribution in [2.75, 3.05) is 5.73 Å². The molecule has 1 saturated carbocycles. The van der Waals surface area contributed by atoms with E-state index >= 15 is 0 Å². The van der Waals surface area contributed by atoms with E-state index in [9.17, 15) is 0 Å². The summed E-state index contributed by atoms with van der Waals surface area (Å²) in [6, 6.07) is 0. The molecule has 176 valence electrons. The third-order valence-corrected chi connectivity index (χ3v) is 8.55. The van der Waals surface area contributed by atoms with Gasteiger partial charge in [0.1, 0.15) is 0 Å². The monoisotopic (exact) mass is 457 g/mol. The lowest BCUT2D eigenvalue weighted by atomic mass is 9.52. The van der Waals surface area contributed by atoms with E-state index in [4.69, 9.17) is 5.73 Å². The maximum absolute atomic E-state index is 6.14.